The van der Waals surface area contributed by atoms with E-state index in [-0.39, 0.29) is 30.6 Å². The Morgan fingerprint density at radius 3 is 3.18 bits per heavy atom. The Hall–Kier alpha value is -1.21. The molecule has 3 atom stereocenters. The second-order valence-electron chi connectivity index (χ2n) is 4.61. The molecule has 0 saturated carbocycles. The van der Waals surface area contributed by atoms with E-state index < -0.39 is 0 Å². The molecule has 7 heteroatoms. The lowest BCUT2D eigenvalue weighted by Crippen LogP contribution is -2.40. The number of aliphatic hydroxyl groups excluding tert-OH is 1. The van der Waals surface area contributed by atoms with E-state index >= 15 is 0 Å². The first-order valence-corrected chi connectivity index (χ1v) is 6.50. The van der Waals surface area contributed by atoms with Gasteiger partial charge in [0, 0.05) is 24.6 Å². The van der Waals surface area contributed by atoms with E-state index in [1.54, 1.807) is 6.20 Å². The van der Waals surface area contributed by atoms with Crippen molar-refractivity contribution in [2.45, 2.75) is 31.3 Å². The Morgan fingerprint density at radius 1 is 1.65 bits per heavy atom. The smallest absolute Gasteiger partial charge is 0.323 e. The average Bonchev–Trinajstić information content (AvgIpc) is 3.02. The third kappa shape index (κ3) is 1.79. The molecule has 6 nitrogen and oxygen atoms in total. The van der Waals surface area contributed by atoms with Gasteiger partial charge in [-0.3, -0.25) is 5.32 Å². The number of carbonyl (C=O) groups excluding carboxylic acids is 1. The van der Waals surface area contributed by atoms with Gasteiger partial charge in [0.25, 0.3) is 0 Å². The van der Waals surface area contributed by atoms with Gasteiger partial charge < -0.3 is 10.0 Å². The van der Waals surface area contributed by atoms with Crippen molar-refractivity contribution in [3.05, 3.63) is 6.20 Å². The summed E-state index contributed by atoms with van der Waals surface area (Å²) >= 11 is 1.07. The molecule has 2 amide bonds. The highest BCUT2D eigenvalue weighted by Gasteiger charge is 2.48. The van der Waals surface area contributed by atoms with Crippen LogP contribution in [0.3, 0.4) is 0 Å². The van der Waals surface area contributed by atoms with Crippen LogP contribution >= 0.6 is 11.7 Å². The fraction of sp³-hybridized carbons (Fsp3) is 0.700. The van der Waals surface area contributed by atoms with Gasteiger partial charge in [-0.1, -0.05) is 0 Å². The monoisotopic (exact) mass is 254 g/mol. The number of rotatable bonds is 2. The zero-order valence-electron chi connectivity index (χ0n) is 9.24. The molecule has 3 rings (SSSR count). The van der Waals surface area contributed by atoms with Gasteiger partial charge >= 0.3 is 6.03 Å². The predicted octanol–water partition coefficient (Wildman–Crippen LogP) is 0.915. The van der Waals surface area contributed by atoms with E-state index in [0.717, 1.165) is 31.0 Å². The number of nitrogens with one attached hydrogen (secondary N) is 1. The quantitative estimate of drug-likeness (QED) is 0.822. The molecule has 1 aromatic heterocycles. The number of anilines is 1. The molecule has 2 fully saturated rings. The molecule has 17 heavy (non-hydrogen) atoms. The van der Waals surface area contributed by atoms with Crippen molar-refractivity contribution in [2.75, 3.05) is 11.9 Å². The van der Waals surface area contributed by atoms with Crippen molar-refractivity contribution >= 4 is 23.6 Å². The van der Waals surface area contributed by atoms with Gasteiger partial charge in [-0.05, 0) is 19.3 Å². The zero-order chi connectivity index (χ0) is 11.8. The van der Waals surface area contributed by atoms with Crippen LogP contribution in [0, 0.1) is 5.92 Å². The minimum Gasteiger partial charge on any atom is -0.396 e. The van der Waals surface area contributed by atoms with Crippen LogP contribution in [-0.2, 0) is 0 Å². The Kier molecular flexibility index (Phi) is 2.71. The third-order valence-electron chi connectivity index (χ3n) is 3.73. The summed E-state index contributed by atoms with van der Waals surface area (Å²) in [4.78, 5) is 14.0. The maximum Gasteiger partial charge on any atom is 0.323 e. The molecule has 2 aliphatic rings. The van der Waals surface area contributed by atoms with Crippen LogP contribution in [0.4, 0.5) is 10.6 Å². The number of hydrogen-bond donors (Lipinski definition) is 2. The van der Waals surface area contributed by atoms with Crippen LogP contribution in [0.2, 0.25) is 0 Å². The first-order valence-electron chi connectivity index (χ1n) is 5.77. The van der Waals surface area contributed by atoms with Crippen LogP contribution in [0.1, 0.15) is 19.3 Å². The zero-order valence-corrected chi connectivity index (χ0v) is 10.1. The largest absolute Gasteiger partial charge is 0.396 e. The predicted molar refractivity (Wildman–Crippen MR) is 62.8 cm³/mol. The highest BCUT2D eigenvalue weighted by molar-refractivity contribution is 6.99. The Bertz CT molecular complexity index is 410. The van der Waals surface area contributed by atoms with Crippen LogP contribution in [-0.4, -0.2) is 43.5 Å². The summed E-state index contributed by atoms with van der Waals surface area (Å²) in [6, 6.07) is 0.362. The van der Waals surface area contributed by atoms with Gasteiger partial charge in [-0.2, -0.15) is 8.75 Å². The van der Waals surface area contributed by atoms with Crippen molar-refractivity contribution in [2.24, 2.45) is 5.92 Å². The maximum atomic E-state index is 12.1. The van der Waals surface area contributed by atoms with E-state index in [1.165, 1.54) is 0 Å². The van der Waals surface area contributed by atoms with Gasteiger partial charge in [-0.25, -0.2) is 4.79 Å². The SMILES string of the molecule is O=C(Nc1cnsn1)N1[C@@H]2CC[C@H]1[C@H](CO)C2. The summed E-state index contributed by atoms with van der Waals surface area (Å²) in [7, 11) is 0. The summed E-state index contributed by atoms with van der Waals surface area (Å²) in [5, 5.41) is 12.0. The third-order valence-corrected chi connectivity index (χ3v) is 4.21. The topological polar surface area (TPSA) is 78.4 Å². The van der Waals surface area contributed by atoms with E-state index in [4.69, 9.17) is 0 Å². The number of hydrogen-bond acceptors (Lipinski definition) is 5. The molecule has 0 aliphatic carbocycles. The first-order chi connectivity index (χ1) is 8.29. The second-order valence-corrected chi connectivity index (χ2v) is 5.16. The van der Waals surface area contributed by atoms with Crippen molar-refractivity contribution in [3.8, 4) is 0 Å². The number of aliphatic hydroxyl groups is 1. The number of urea groups is 1. The fourth-order valence-corrected chi connectivity index (χ4v) is 3.39. The van der Waals surface area contributed by atoms with E-state index in [2.05, 4.69) is 14.1 Å². The first kappa shape index (κ1) is 10.9. The molecule has 2 bridgehead atoms. The number of amides is 2. The van der Waals surface area contributed by atoms with Gasteiger partial charge in [0.15, 0.2) is 5.82 Å². The molecular formula is C10H14N4O2S. The molecular weight excluding hydrogens is 240 g/mol. The number of nitrogens with zero attached hydrogens (tertiary/aromatic N) is 3. The minimum absolute atomic E-state index is 0.110. The minimum atomic E-state index is -0.110. The van der Waals surface area contributed by atoms with Crippen LogP contribution in [0.25, 0.3) is 0 Å². The highest BCUT2D eigenvalue weighted by atomic mass is 32.1. The molecule has 0 spiro atoms. The number of carbonyl (C=O) groups is 1. The lowest BCUT2D eigenvalue weighted by molar-refractivity contribution is 0.177. The molecule has 0 unspecified atom stereocenters. The standard InChI is InChI=1S/C10H14N4O2S/c15-5-6-3-7-1-2-8(6)14(7)10(16)12-9-4-11-17-13-9/h4,6-8,15H,1-3,5H2,(H,12,13,16)/t6-,7+,8-/m0/s1. The van der Waals surface area contributed by atoms with Gasteiger partial charge in [0.2, 0.25) is 0 Å². The summed E-state index contributed by atoms with van der Waals surface area (Å²) in [6.45, 7) is 0.170. The molecule has 2 aliphatic heterocycles. The van der Waals surface area contributed by atoms with Crippen LogP contribution in [0.15, 0.2) is 6.20 Å². The van der Waals surface area contributed by atoms with E-state index in [9.17, 15) is 9.90 Å². The highest BCUT2D eigenvalue weighted by Crippen LogP contribution is 2.41. The average molecular weight is 254 g/mol. The molecule has 2 N–H and O–H groups in total. The molecule has 2 saturated heterocycles. The van der Waals surface area contributed by atoms with Crippen molar-refractivity contribution in [3.63, 3.8) is 0 Å². The number of fused-ring (bicyclic) bond motifs is 2. The molecule has 1 aromatic rings. The lowest BCUT2D eigenvalue weighted by Gasteiger charge is -2.23. The normalized spacial score (nSPS) is 30.9. The molecule has 3 heterocycles. The van der Waals surface area contributed by atoms with E-state index in [0.29, 0.717) is 5.82 Å². The molecule has 0 radical (unpaired) electrons. The number of aromatic nitrogens is 2. The van der Waals surface area contributed by atoms with Crippen LogP contribution < -0.4 is 5.32 Å². The van der Waals surface area contributed by atoms with Crippen LogP contribution in [0.5, 0.6) is 0 Å². The van der Waals surface area contributed by atoms with Gasteiger partial charge in [0.1, 0.15) is 0 Å². The van der Waals surface area contributed by atoms with E-state index in [1.807, 2.05) is 4.90 Å². The maximum absolute atomic E-state index is 12.1. The van der Waals surface area contributed by atoms with Gasteiger partial charge in [0.05, 0.1) is 17.9 Å². The fourth-order valence-electron chi connectivity index (χ4n) is 3.02. The Morgan fingerprint density at radius 2 is 2.53 bits per heavy atom. The Balaban J connectivity index is 1.71. The summed E-state index contributed by atoms with van der Waals surface area (Å²) < 4.78 is 7.80. The van der Waals surface area contributed by atoms with Crippen molar-refractivity contribution in [1.82, 2.24) is 13.6 Å². The second kappa shape index (κ2) is 4.23. The Labute approximate surface area is 103 Å². The summed E-state index contributed by atoms with van der Waals surface area (Å²) in [5.74, 6) is 0.750. The van der Waals surface area contributed by atoms with Crippen molar-refractivity contribution in [1.29, 1.82) is 0 Å². The summed E-state index contributed by atoms with van der Waals surface area (Å²) in [6.07, 6.45) is 4.51. The lowest BCUT2D eigenvalue weighted by atomic mass is 9.90. The summed E-state index contributed by atoms with van der Waals surface area (Å²) in [5.41, 5.74) is 0. The molecule has 92 valence electrons. The van der Waals surface area contributed by atoms with Crippen molar-refractivity contribution < 1.29 is 9.90 Å². The van der Waals surface area contributed by atoms with Gasteiger partial charge in [-0.15, -0.1) is 0 Å². The molecule has 0 aromatic carbocycles.